The number of pyridine rings is 1. The maximum Gasteiger partial charge on any atom is 0.163 e. The molecule has 0 amide bonds. The molecule has 2 fully saturated rings. The minimum atomic E-state index is 0.480. The third-order valence-electron chi connectivity index (χ3n) is 6.57. The standard InChI is InChI=1S/C24H35N3O3/c1-16(2)27-8-5-17(14-27)15-30-23-13-21-20(11-22(23)28-4)19(12-24(25-3)26-21)18-6-9-29-10-7-18/h11-13,16-18H,5-10,14-15H2,1-4H3,(H,25,26)/t17-/m1/s1. The zero-order valence-corrected chi connectivity index (χ0v) is 18.7. The lowest BCUT2D eigenvalue weighted by Crippen LogP contribution is -2.29. The molecule has 0 saturated carbocycles. The molecule has 0 spiro atoms. The summed E-state index contributed by atoms with van der Waals surface area (Å²) < 4.78 is 17.6. The second kappa shape index (κ2) is 9.40. The van der Waals surface area contributed by atoms with Crippen LogP contribution in [0, 0.1) is 5.92 Å². The Morgan fingerprint density at radius 1 is 1.17 bits per heavy atom. The summed E-state index contributed by atoms with van der Waals surface area (Å²) in [5.41, 5.74) is 2.27. The van der Waals surface area contributed by atoms with Gasteiger partial charge in [-0.25, -0.2) is 4.98 Å². The van der Waals surface area contributed by atoms with E-state index < -0.39 is 0 Å². The number of methoxy groups -OCH3 is 1. The average molecular weight is 414 g/mol. The number of fused-ring (bicyclic) bond motifs is 1. The van der Waals surface area contributed by atoms with Crippen LogP contribution in [0.2, 0.25) is 0 Å². The number of rotatable bonds is 7. The quantitative estimate of drug-likeness (QED) is 0.731. The van der Waals surface area contributed by atoms with Crippen LogP contribution in [0.4, 0.5) is 5.82 Å². The first-order valence-electron chi connectivity index (χ1n) is 11.2. The molecule has 164 valence electrons. The lowest BCUT2D eigenvalue weighted by Gasteiger charge is -2.25. The van der Waals surface area contributed by atoms with Gasteiger partial charge in [-0.2, -0.15) is 0 Å². The van der Waals surface area contributed by atoms with Gasteiger partial charge in [0.2, 0.25) is 0 Å². The number of aromatic nitrogens is 1. The summed E-state index contributed by atoms with van der Waals surface area (Å²) in [5.74, 6) is 3.50. The van der Waals surface area contributed by atoms with Crippen molar-refractivity contribution in [1.29, 1.82) is 0 Å². The lowest BCUT2D eigenvalue weighted by molar-refractivity contribution is 0.0856. The molecule has 4 rings (SSSR count). The SMILES string of the molecule is CNc1cc(C2CCOCC2)c2cc(OC)c(OC[C@@H]3CCN(C(C)C)C3)cc2n1. The van der Waals surface area contributed by atoms with Crippen molar-refractivity contribution in [2.75, 3.05) is 52.4 Å². The van der Waals surface area contributed by atoms with E-state index >= 15 is 0 Å². The smallest absolute Gasteiger partial charge is 0.163 e. The zero-order valence-electron chi connectivity index (χ0n) is 18.7. The van der Waals surface area contributed by atoms with Gasteiger partial charge in [0.15, 0.2) is 11.5 Å². The van der Waals surface area contributed by atoms with Crippen LogP contribution >= 0.6 is 0 Å². The van der Waals surface area contributed by atoms with Gasteiger partial charge in [-0.05, 0) is 63.3 Å². The summed E-state index contributed by atoms with van der Waals surface area (Å²) in [7, 11) is 3.64. The molecular weight excluding hydrogens is 378 g/mol. The molecule has 0 unspecified atom stereocenters. The molecule has 1 aromatic heterocycles. The molecule has 2 aromatic rings. The van der Waals surface area contributed by atoms with Gasteiger partial charge in [-0.15, -0.1) is 0 Å². The number of benzene rings is 1. The van der Waals surface area contributed by atoms with Crippen molar-refractivity contribution < 1.29 is 14.2 Å². The number of hydrogen-bond donors (Lipinski definition) is 1. The fourth-order valence-corrected chi connectivity index (χ4v) is 4.68. The first kappa shape index (κ1) is 21.2. The molecule has 3 heterocycles. The maximum absolute atomic E-state index is 6.27. The number of likely N-dealkylation sites (tertiary alicyclic amines) is 1. The van der Waals surface area contributed by atoms with E-state index in [1.165, 1.54) is 12.0 Å². The Balaban J connectivity index is 1.61. The van der Waals surface area contributed by atoms with Crippen molar-refractivity contribution in [3.8, 4) is 11.5 Å². The van der Waals surface area contributed by atoms with Crippen LogP contribution in [0.5, 0.6) is 11.5 Å². The predicted molar refractivity (Wildman–Crippen MR) is 121 cm³/mol. The molecular formula is C24H35N3O3. The van der Waals surface area contributed by atoms with Gasteiger partial charge in [0.1, 0.15) is 5.82 Å². The Hall–Kier alpha value is -2.05. The van der Waals surface area contributed by atoms with Crippen molar-refractivity contribution in [3.63, 3.8) is 0 Å². The molecule has 6 heteroatoms. The highest BCUT2D eigenvalue weighted by Crippen LogP contribution is 2.39. The summed E-state index contributed by atoms with van der Waals surface area (Å²) in [6.07, 6.45) is 3.26. The van der Waals surface area contributed by atoms with E-state index in [1.54, 1.807) is 7.11 Å². The van der Waals surface area contributed by atoms with Gasteiger partial charge in [-0.1, -0.05) is 0 Å². The summed E-state index contributed by atoms with van der Waals surface area (Å²) in [5, 5.41) is 4.37. The average Bonchev–Trinajstić information content (AvgIpc) is 3.26. The Bertz CT molecular complexity index is 864. The first-order valence-corrected chi connectivity index (χ1v) is 11.2. The van der Waals surface area contributed by atoms with E-state index in [4.69, 9.17) is 19.2 Å². The highest BCUT2D eigenvalue weighted by molar-refractivity contribution is 5.88. The fraction of sp³-hybridized carbons (Fsp3) is 0.625. The molecule has 2 aliphatic rings. The van der Waals surface area contributed by atoms with Gasteiger partial charge in [0.05, 0.1) is 19.2 Å². The van der Waals surface area contributed by atoms with Crippen molar-refractivity contribution in [2.45, 2.75) is 45.1 Å². The third kappa shape index (κ3) is 4.49. The molecule has 1 N–H and O–H groups in total. The lowest BCUT2D eigenvalue weighted by atomic mass is 9.89. The Morgan fingerprint density at radius 3 is 2.63 bits per heavy atom. The predicted octanol–water partition coefficient (Wildman–Crippen LogP) is 4.29. The summed E-state index contributed by atoms with van der Waals surface area (Å²) in [6.45, 7) is 9.12. The van der Waals surface area contributed by atoms with Crippen molar-refractivity contribution in [3.05, 3.63) is 23.8 Å². The Kier molecular flexibility index (Phi) is 6.64. The third-order valence-corrected chi connectivity index (χ3v) is 6.57. The van der Waals surface area contributed by atoms with Crippen LogP contribution < -0.4 is 14.8 Å². The normalized spacial score (nSPS) is 20.8. The molecule has 30 heavy (non-hydrogen) atoms. The highest BCUT2D eigenvalue weighted by atomic mass is 16.5. The van der Waals surface area contributed by atoms with Gasteiger partial charge < -0.3 is 24.4 Å². The van der Waals surface area contributed by atoms with E-state index in [-0.39, 0.29) is 0 Å². The van der Waals surface area contributed by atoms with Crippen LogP contribution in [-0.2, 0) is 4.74 Å². The fourth-order valence-electron chi connectivity index (χ4n) is 4.68. The van der Waals surface area contributed by atoms with Crippen LogP contribution in [-0.4, -0.2) is 63.0 Å². The summed E-state index contributed by atoms with van der Waals surface area (Å²) >= 11 is 0. The highest BCUT2D eigenvalue weighted by Gasteiger charge is 2.25. The van der Waals surface area contributed by atoms with Gasteiger partial charge in [0.25, 0.3) is 0 Å². The van der Waals surface area contributed by atoms with Crippen LogP contribution in [0.15, 0.2) is 18.2 Å². The van der Waals surface area contributed by atoms with Gasteiger partial charge in [0, 0.05) is 50.2 Å². The van der Waals surface area contributed by atoms with Crippen LogP contribution in [0.25, 0.3) is 10.9 Å². The molecule has 1 atom stereocenters. The maximum atomic E-state index is 6.27. The summed E-state index contributed by atoms with van der Waals surface area (Å²) in [6, 6.07) is 6.93. The van der Waals surface area contributed by atoms with E-state index in [0.29, 0.717) is 24.5 Å². The number of hydrogen-bond acceptors (Lipinski definition) is 6. The molecule has 1 aromatic carbocycles. The first-order chi connectivity index (χ1) is 14.6. The topological polar surface area (TPSA) is 55.9 Å². The zero-order chi connectivity index (χ0) is 21.1. The molecule has 2 saturated heterocycles. The Labute approximate surface area is 179 Å². The number of nitrogens with one attached hydrogen (secondary N) is 1. The van der Waals surface area contributed by atoms with Crippen LogP contribution in [0.3, 0.4) is 0 Å². The Morgan fingerprint density at radius 2 is 1.97 bits per heavy atom. The number of nitrogens with zero attached hydrogens (tertiary/aromatic N) is 2. The van der Waals surface area contributed by atoms with Crippen molar-refractivity contribution in [2.24, 2.45) is 5.92 Å². The minimum absolute atomic E-state index is 0.480. The van der Waals surface area contributed by atoms with E-state index in [0.717, 1.165) is 67.4 Å². The van der Waals surface area contributed by atoms with Crippen molar-refractivity contribution in [1.82, 2.24) is 9.88 Å². The van der Waals surface area contributed by atoms with E-state index in [2.05, 4.69) is 36.2 Å². The summed E-state index contributed by atoms with van der Waals surface area (Å²) in [4.78, 5) is 7.33. The minimum Gasteiger partial charge on any atom is -0.493 e. The molecule has 0 aliphatic carbocycles. The van der Waals surface area contributed by atoms with E-state index in [9.17, 15) is 0 Å². The number of ether oxygens (including phenoxy) is 3. The molecule has 2 aliphatic heterocycles. The molecule has 6 nitrogen and oxygen atoms in total. The largest absolute Gasteiger partial charge is 0.493 e. The second-order valence-electron chi connectivity index (χ2n) is 8.81. The van der Waals surface area contributed by atoms with Crippen molar-refractivity contribution >= 4 is 16.7 Å². The van der Waals surface area contributed by atoms with Gasteiger partial charge >= 0.3 is 0 Å². The van der Waals surface area contributed by atoms with Crippen LogP contribution in [0.1, 0.15) is 44.6 Å². The molecule has 0 bridgehead atoms. The molecule has 0 radical (unpaired) electrons. The number of anilines is 1. The van der Waals surface area contributed by atoms with E-state index in [1.807, 2.05) is 13.1 Å². The second-order valence-corrected chi connectivity index (χ2v) is 8.81. The monoisotopic (exact) mass is 413 g/mol. The van der Waals surface area contributed by atoms with Gasteiger partial charge in [-0.3, -0.25) is 0 Å².